The third kappa shape index (κ3) is 3.19. The average Bonchev–Trinajstić information content (AvgIpc) is 2.38. The number of halogens is 1. The molecule has 0 aliphatic heterocycles. The summed E-state index contributed by atoms with van der Waals surface area (Å²) in [5.74, 6) is 0. The van der Waals surface area contributed by atoms with Crippen molar-refractivity contribution in [3.05, 3.63) is 28.2 Å². The second-order valence-corrected chi connectivity index (χ2v) is 4.74. The van der Waals surface area contributed by atoms with E-state index in [0.29, 0.717) is 12.0 Å². The zero-order chi connectivity index (χ0) is 12.9. The van der Waals surface area contributed by atoms with E-state index >= 15 is 0 Å². The Hall–Kier alpha value is -1.09. The molecule has 0 spiro atoms. The highest BCUT2D eigenvalue weighted by Gasteiger charge is 2.26. The number of aliphatic hydroxyl groups is 2. The van der Waals surface area contributed by atoms with Gasteiger partial charge in [0.25, 0.3) is 0 Å². The molecule has 0 amide bonds. The Morgan fingerprint density at radius 2 is 2.06 bits per heavy atom. The lowest BCUT2D eigenvalue weighted by atomic mass is 9.98. The van der Waals surface area contributed by atoms with Crippen LogP contribution in [0.25, 0.3) is 0 Å². The van der Waals surface area contributed by atoms with E-state index in [-0.39, 0.29) is 13.2 Å². The summed E-state index contributed by atoms with van der Waals surface area (Å²) < 4.78 is 0.733. The van der Waals surface area contributed by atoms with Crippen molar-refractivity contribution in [1.82, 2.24) is 0 Å². The molecule has 0 radical (unpaired) electrons. The number of aliphatic hydroxyl groups excluding tert-OH is 2. The lowest BCUT2D eigenvalue weighted by Crippen LogP contribution is -2.45. The molecule has 0 atom stereocenters. The fraction of sp³-hybridized carbons (Fsp3) is 0.417. The molecular weight excluding hydrogens is 284 g/mol. The molecule has 0 fully saturated rings. The van der Waals surface area contributed by atoms with E-state index in [4.69, 9.17) is 5.26 Å². The average molecular weight is 299 g/mol. The van der Waals surface area contributed by atoms with Crippen LogP contribution in [0.2, 0.25) is 0 Å². The molecule has 3 N–H and O–H groups in total. The van der Waals surface area contributed by atoms with Crippen molar-refractivity contribution in [2.75, 3.05) is 18.5 Å². The standard InChI is InChI=1S/C12H15BrN2O2/c1-2-12(7-16,8-17)15-11-4-3-9(6-14)5-10(11)13/h3-5,15-17H,2,7-8H2,1H3. The maximum atomic E-state index is 9.34. The Morgan fingerprint density at radius 1 is 1.41 bits per heavy atom. The van der Waals surface area contributed by atoms with Crippen LogP contribution in [0.3, 0.4) is 0 Å². The van der Waals surface area contributed by atoms with Crippen molar-refractivity contribution in [2.24, 2.45) is 0 Å². The highest BCUT2D eigenvalue weighted by Crippen LogP contribution is 2.27. The third-order valence-electron chi connectivity index (χ3n) is 2.78. The minimum absolute atomic E-state index is 0.160. The fourth-order valence-corrected chi connectivity index (χ4v) is 1.89. The molecule has 0 aliphatic rings. The molecule has 0 unspecified atom stereocenters. The number of nitrogens with zero attached hydrogens (tertiary/aromatic N) is 1. The molecule has 0 aromatic heterocycles. The molecule has 92 valence electrons. The number of nitrogens with one attached hydrogen (secondary N) is 1. The lowest BCUT2D eigenvalue weighted by Gasteiger charge is -2.31. The van der Waals surface area contributed by atoms with Crippen molar-refractivity contribution >= 4 is 21.6 Å². The van der Waals surface area contributed by atoms with Crippen molar-refractivity contribution in [2.45, 2.75) is 18.9 Å². The summed E-state index contributed by atoms with van der Waals surface area (Å²) >= 11 is 3.35. The molecule has 5 heteroatoms. The predicted molar refractivity (Wildman–Crippen MR) is 69.7 cm³/mol. The summed E-state index contributed by atoms with van der Waals surface area (Å²) in [4.78, 5) is 0. The van der Waals surface area contributed by atoms with Crippen LogP contribution in [0, 0.1) is 11.3 Å². The van der Waals surface area contributed by atoms with Crippen molar-refractivity contribution in [1.29, 1.82) is 5.26 Å². The van der Waals surface area contributed by atoms with Crippen LogP contribution >= 0.6 is 15.9 Å². The number of hydrogen-bond donors (Lipinski definition) is 3. The van der Waals surface area contributed by atoms with Gasteiger partial charge in [-0.1, -0.05) is 6.92 Å². The second kappa shape index (κ2) is 6.01. The van der Waals surface area contributed by atoms with Gasteiger partial charge in [0.15, 0.2) is 0 Å². The zero-order valence-electron chi connectivity index (χ0n) is 9.57. The first kappa shape index (κ1) is 14.0. The number of benzene rings is 1. The number of anilines is 1. The van der Waals surface area contributed by atoms with E-state index in [2.05, 4.69) is 21.2 Å². The Kier molecular flexibility index (Phi) is 4.94. The maximum Gasteiger partial charge on any atom is 0.0992 e. The van der Waals surface area contributed by atoms with E-state index in [1.807, 2.05) is 13.0 Å². The van der Waals surface area contributed by atoms with Crippen LogP contribution < -0.4 is 5.32 Å². The first-order valence-corrected chi connectivity index (χ1v) is 6.09. The van der Waals surface area contributed by atoms with Crippen LogP contribution in [0.4, 0.5) is 5.69 Å². The van der Waals surface area contributed by atoms with Gasteiger partial charge in [0.1, 0.15) is 0 Å². The van der Waals surface area contributed by atoms with Gasteiger partial charge in [-0.2, -0.15) is 5.26 Å². The monoisotopic (exact) mass is 298 g/mol. The second-order valence-electron chi connectivity index (χ2n) is 3.88. The Bertz CT molecular complexity index is 417. The molecular formula is C12H15BrN2O2. The van der Waals surface area contributed by atoms with Crippen LogP contribution in [0.1, 0.15) is 18.9 Å². The van der Waals surface area contributed by atoms with E-state index in [1.165, 1.54) is 0 Å². The summed E-state index contributed by atoms with van der Waals surface area (Å²) in [6.45, 7) is 1.57. The molecule has 1 aromatic rings. The summed E-state index contributed by atoms with van der Waals surface area (Å²) in [5.41, 5.74) is 0.558. The quantitative estimate of drug-likeness (QED) is 0.776. The normalized spacial score (nSPS) is 11.0. The smallest absolute Gasteiger partial charge is 0.0992 e. The van der Waals surface area contributed by atoms with E-state index in [9.17, 15) is 10.2 Å². The summed E-state index contributed by atoms with van der Waals surface area (Å²) in [5, 5.41) is 30.5. The Balaban J connectivity index is 2.99. The van der Waals surface area contributed by atoms with Crippen molar-refractivity contribution in [3.63, 3.8) is 0 Å². The van der Waals surface area contributed by atoms with Crippen LogP contribution in [-0.2, 0) is 0 Å². The molecule has 0 saturated carbocycles. The van der Waals surface area contributed by atoms with Gasteiger partial charge in [0.2, 0.25) is 0 Å². The molecule has 17 heavy (non-hydrogen) atoms. The van der Waals surface area contributed by atoms with Gasteiger partial charge >= 0.3 is 0 Å². The highest BCUT2D eigenvalue weighted by molar-refractivity contribution is 9.10. The predicted octanol–water partition coefficient (Wildman–Crippen LogP) is 1.87. The molecule has 0 heterocycles. The summed E-state index contributed by atoms with van der Waals surface area (Å²) in [6.07, 6.45) is 0.590. The van der Waals surface area contributed by atoms with Gasteiger partial charge in [0.05, 0.1) is 30.4 Å². The minimum Gasteiger partial charge on any atom is -0.394 e. The van der Waals surface area contributed by atoms with Crippen LogP contribution in [-0.4, -0.2) is 29.0 Å². The van der Waals surface area contributed by atoms with Crippen molar-refractivity contribution in [3.8, 4) is 6.07 Å². The summed E-state index contributed by atoms with van der Waals surface area (Å²) in [7, 11) is 0. The topological polar surface area (TPSA) is 76.3 Å². The van der Waals surface area contributed by atoms with E-state index in [0.717, 1.165) is 10.2 Å². The molecule has 4 nitrogen and oxygen atoms in total. The van der Waals surface area contributed by atoms with E-state index in [1.54, 1.807) is 18.2 Å². The zero-order valence-corrected chi connectivity index (χ0v) is 11.2. The van der Waals surface area contributed by atoms with Crippen LogP contribution in [0.15, 0.2) is 22.7 Å². The lowest BCUT2D eigenvalue weighted by molar-refractivity contribution is 0.132. The van der Waals surface area contributed by atoms with Crippen LogP contribution in [0.5, 0.6) is 0 Å². The van der Waals surface area contributed by atoms with Gasteiger partial charge in [-0.15, -0.1) is 0 Å². The first-order valence-electron chi connectivity index (χ1n) is 5.30. The van der Waals surface area contributed by atoms with E-state index < -0.39 is 5.54 Å². The Labute approximate surface area is 109 Å². The SMILES string of the molecule is CCC(CO)(CO)Nc1ccc(C#N)cc1Br. The maximum absolute atomic E-state index is 9.34. The Morgan fingerprint density at radius 3 is 2.47 bits per heavy atom. The number of hydrogen-bond acceptors (Lipinski definition) is 4. The van der Waals surface area contributed by atoms with Gasteiger partial charge < -0.3 is 15.5 Å². The number of nitriles is 1. The molecule has 1 aromatic carbocycles. The molecule has 1 rings (SSSR count). The number of rotatable bonds is 5. The minimum atomic E-state index is -0.739. The molecule has 0 bridgehead atoms. The third-order valence-corrected chi connectivity index (χ3v) is 3.44. The van der Waals surface area contributed by atoms with Gasteiger partial charge in [-0.25, -0.2) is 0 Å². The van der Waals surface area contributed by atoms with Gasteiger partial charge in [-0.05, 0) is 40.5 Å². The molecule has 0 saturated heterocycles. The van der Waals surface area contributed by atoms with Crippen molar-refractivity contribution < 1.29 is 10.2 Å². The van der Waals surface area contributed by atoms with Gasteiger partial charge in [0, 0.05) is 10.2 Å². The fourth-order valence-electron chi connectivity index (χ4n) is 1.41. The summed E-state index contributed by atoms with van der Waals surface area (Å²) in [6, 6.07) is 7.17. The first-order chi connectivity index (χ1) is 8.10. The largest absolute Gasteiger partial charge is 0.394 e. The van der Waals surface area contributed by atoms with Gasteiger partial charge in [-0.3, -0.25) is 0 Å². The highest BCUT2D eigenvalue weighted by atomic mass is 79.9. The molecule has 0 aliphatic carbocycles.